The molecule has 4 heterocycles. The number of pyridine rings is 2. The summed E-state index contributed by atoms with van der Waals surface area (Å²) in [5, 5.41) is 0. The first-order chi connectivity index (χ1) is 14.1. The summed E-state index contributed by atoms with van der Waals surface area (Å²) in [6.45, 7) is 2.20. The third-order valence-electron chi connectivity index (χ3n) is 5.38. The predicted molar refractivity (Wildman–Crippen MR) is 110 cm³/mol. The number of hydrogen-bond donors (Lipinski definition) is 1. The van der Waals surface area contributed by atoms with Crippen molar-refractivity contribution in [1.29, 1.82) is 0 Å². The van der Waals surface area contributed by atoms with E-state index < -0.39 is 11.6 Å². The zero-order chi connectivity index (χ0) is 20.0. The van der Waals surface area contributed by atoms with Crippen LogP contribution >= 0.6 is 0 Å². The Morgan fingerprint density at radius 2 is 1.93 bits per heavy atom. The van der Waals surface area contributed by atoms with E-state index in [4.69, 9.17) is 10.7 Å². The van der Waals surface area contributed by atoms with Gasteiger partial charge in [0.2, 0.25) is 0 Å². The van der Waals surface area contributed by atoms with Crippen molar-refractivity contribution in [3.05, 3.63) is 71.6 Å². The Kier molecular flexibility index (Phi) is 4.32. The van der Waals surface area contributed by atoms with E-state index >= 15 is 0 Å². The van der Waals surface area contributed by atoms with E-state index in [9.17, 15) is 8.78 Å². The minimum absolute atomic E-state index is 0.184. The van der Waals surface area contributed by atoms with E-state index in [1.807, 2.05) is 30.5 Å². The molecule has 5 nitrogen and oxygen atoms in total. The first-order valence-corrected chi connectivity index (χ1v) is 9.56. The van der Waals surface area contributed by atoms with Gasteiger partial charge < -0.3 is 10.6 Å². The molecule has 3 aromatic rings. The number of fused-ring (bicyclic) bond motifs is 1. The highest BCUT2D eigenvalue weighted by atomic mass is 19.2. The molecule has 1 unspecified atom stereocenters. The molecule has 0 aliphatic carbocycles. The molecule has 7 heteroatoms. The van der Waals surface area contributed by atoms with Crippen molar-refractivity contribution < 1.29 is 8.78 Å². The molecular formula is C22H19F2N5. The van der Waals surface area contributed by atoms with Crippen LogP contribution in [0.15, 0.2) is 53.7 Å². The average molecular weight is 391 g/mol. The highest BCUT2D eigenvalue weighted by Gasteiger charge is 2.21. The van der Waals surface area contributed by atoms with E-state index in [-0.39, 0.29) is 6.04 Å². The molecule has 146 valence electrons. The molecule has 1 saturated heterocycles. The Hall–Kier alpha value is -3.19. The molecule has 1 fully saturated rings. The van der Waals surface area contributed by atoms with E-state index in [1.54, 1.807) is 0 Å². The summed E-state index contributed by atoms with van der Waals surface area (Å²) in [6.07, 6.45) is 4.76. The van der Waals surface area contributed by atoms with Crippen LogP contribution in [-0.2, 0) is 0 Å². The lowest BCUT2D eigenvalue weighted by Gasteiger charge is -2.18. The summed E-state index contributed by atoms with van der Waals surface area (Å²) in [4.78, 5) is 16.0. The summed E-state index contributed by atoms with van der Waals surface area (Å²) < 4.78 is 27.0. The van der Waals surface area contributed by atoms with Crippen molar-refractivity contribution in [3.63, 3.8) is 0 Å². The monoisotopic (exact) mass is 391 g/mol. The van der Waals surface area contributed by atoms with Crippen molar-refractivity contribution in [1.82, 2.24) is 9.97 Å². The van der Waals surface area contributed by atoms with Gasteiger partial charge in [0.25, 0.3) is 0 Å². The Morgan fingerprint density at radius 1 is 1.03 bits per heavy atom. The molecule has 2 aliphatic heterocycles. The predicted octanol–water partition coefficient (Wildman–Crippen LogP) is 3.33. The van der Waals surface area contributed by atoms with Crippen LogP contribution < -0.4 is 10.6 Å². The number of anilines is 1. The number of aliphatic imine (C=N–C) groups is 1. The Balaban J connectivity index is 1.50. The second-order valence-corrected chi connectivity index (χ2v) is 7.36. The second-order valence-electron chi connectivity index (χ2n) is 7.36. The summed E-state index contributed by atoms with van der Waals surface area (Å²) in [7, 11) is 0. The number of rotatable bonds is 3. The van der Waals surface area contributed by atoms with E-state index in [2.05, 4.69) is 14.9 Å². The molecule has 2 N–H and O–H groups in total. The zero-order valence-corrected chi connectivity index (χ0v) is 15.6. The topological polar surface area (TPSA) is 67.4 Å². The van der Waals surface area contributed by atoms with Gasteiger partial charge in [-0.15, -0.1) is 0 Å². The SMILES string of the molecule is NC1CCN(c2cnc3ccc(C4=CCN=C4c4ccc(F)c(F)c4)nc3c2)C1. The average Bonchev–Trinajstić information content (AvgIpc) is 3.38. The first-order valence-electron chi connectivity index (χ1n) is 9.56. The van der Waals surface area contributed by atoms with Gasteiger partial charge in [0.1, 0.15) is 0 Å². The molecule has 29 heavy (non-hydrogen) atoms. The molecule has 2 aliphatic rings. The molecule has 0 saturated carbocycles. The Morgan fingerprint density at radius 3 is 2.72 bits per heavy atom. The molecule has 0 radical (unpaired) electrons. The number of nitrogens with two attached hydrogens (primary N) is 1. The van der Waals surface area contributed by atoms with Crippen LogP contribution in [0.2, 0.25) is 0 Å². The van der Waals surface area contributed by atoms with Crippen molar-refractivity contribution in [3.8, 4) is 0 Å². The number of benzene rings is 1. The summed E-state index contributed by atoms with van der Waals surface area (Å²) in [5.41, 5.74) is 11.3. The molecule has 0 bridgehead atoms. The molecule has 1 aromatic carbocycles. The van der Waals surface area contributed by atoms with Crippen LogP contribution in [0.1, 0.15) is 17.7 Å². The number of hydrogen-bond acceptors (Lipinski definition) is 5. The van der Waals surface area contributed by atoms with Gasteiger partial charge in [-0.2, -0.15) is 0 Å². The summed E-state index contributed by atoms with van der Waals surface area (Å²) >= 11 is 0. The highest BCUT2D eigenvalue weighted by Crippen LogP contribution is 2.27. The maximum atomic E-state index is 13.7. The third-order valence-corrected chi connectivity index (χ3v) is 5.38. The maximum Gasteiger partial charge on any atom is 0.159 e. The fraction of sp³-hybridized carbons (Fsp3) is 0.227. The van der Waals surface area contributed by atoms with Crippen molar-refractivity contribution >= 4 is 28.0 Å². The zero-order valence-electron chi connectivity index (χ0n) is 15.6. The van der Waals surface area contributed by atoms with Crippen molar-refractivity contribution in [2.24, 2.45) is 10.7 Å². The third kappa shape index (κ3) is 3.27. The minimum atomic E-state index is -0.888. The van der Waals surface area contributed by atoms with Gasteiger partial charge in [0.15, 0.2) is 11.6 Å². The quantitative estimate of drug-likeness (QED) is 0.744. The minimum Gasteiger partial charge on any atom is -0.369 e. The Bertz CT molecular complexity index is 1170. The van der Waals surface area contributed by atoms with Gasteiger partial charge >= 0.3 is 0 Å². The standard InChI is InChI=1S/C22H19F2N5/c23-17-2-1-13(9-18(17)24)22-16(5-7-26-22)19-3-4-20-21(28-19)10-15(11-27-20)29-8-6-14(25)12-29/h1-5,9-11,14H,6-8,12,25H2. The van der Waals surface area contributed by atoms with Crippen LogP contribution in [-0.4, -0.2) is 41.4 Å². The smallest absolute Gasteiger partial charge is 0.159 e. The van der Waals surface area contributed by atoms with Crippen LogP contribution in [0.5, 0.6) is 0 Å². The lowest BCUT2D eigenvalue weighted by molar-refractivity contribution is 0.508. The van der Waals surface area contributed by atoms with Crippen LogP contribution in [0, 0.1) is 11.6 Å². The fourth-order valence-electron chi connectivity index (χ4n) is 3.87. The van der Waals surface area contributed by atoms with Crippen LogP contribution in [0.25, 0.3) is 16.6 Å². The molecular weight excluding hydrogens is 372 g/mol. The molecule has 1 atom stereocenters. The van der Waals surface area contributed by atoms with Gasteiger partial charge in [-0.05, 0) is 42.8 Å². The number of aromatic nitrogens is 2. The van der Waals surface area contributed by atoms with Gasteiger partial charge in [-0.1, -0.05) is 6.08 Å². The molecule has 5 rings (SSSR count). The molecule has 2 aromatic heterocycles. The largest absolute Gasteiger partial charge is 0.369 e. The van der Waals surface area contributed by atoms with Gasteiger partial charge in [0.05, 0.1) is 40.9 Å². The van der Waals surface area contributed by atoms with E-state index in [0.717, 1.165) is 53.6 Å². The number of halogens is 2. The molecule has 0 spiro atoms. The van der Waals surface area contributed by atoms with Crippen LogP contribution in [0.3, 0.4) is 0 Å². The van der Waals surface area contributed by atoms with Crippen molar-refractivity contribution in [2.45, 2.75) is 12.5 Å². The lowest BCUT2D eigenvalue weighted by atomic mass is 10.00. The fourth-order valence-corrected chi connectivity index (χ4v) is 3.87. The first kappa shape index (κ1) is 17.9. The van der Waals surface area contributed by atoms with Gasteiger partial charge in [-0.25, -0.2) is 13.8 Å². The van der Waals surface area contributed by atoms with Gasteiger partial charge in [-0.3, -0.25) is 9.98 Å². The van der Waals surface area contributed by atoms with E-state index in [1.165, 1.54) is 12.1 Å². The van der Waals surface area contributed by atoms with E-state index in [0.29, 0.717) is 17.8 Å². The number of nitrogens with zero attached hydrogens (tertiary/aromatic N) is 4. The molecule has 0 amide bonds. The number of allylic oxidation sites excluding steroid dienone is 1. The summed E-state index contributed by atoms with van der Waals surface area (Å²) in [6, 6.07) is 9.83. The lowest BCUT2D eigenvalue weighted by Crippen LogP contribution is -2.26. The Labute approximate surface area is 166 Å². The van der Waals surface area contributed by atoms with Crippen molar-refractivity contribution in [2.75, 3.05) is 24.5 Å². The maximum absolute atomic E-state index is 13.7. The normalized spacial score (nSPS) is 19.0. The van der Waals surface area contributed by atoms with Gasteiger partial charge in [0, 0.05) is 30.3 Å². The van der Waals surface area contributed by atoms with Crippen LogP contribution in [0.4, 0.5) is 14.5 Å². The summed E-state index contributed by atoms with van der Waals surface area (Å²) in [5.74, 6) is -1.76. The highest BCUT2D eigenvalue weighted by molar-refractivity contribution is 6.32. The second kappa shape index (κ2) is 7.00.